The van der Waals surface area contributed by atoms with E-state index in [1.54, 1.807) is 0 Å². The Bertz CT molecular complexity index is 3130. The summed E-state index contributed by atoms with van der Waals surface area (Å²) in [5.74, 6) is 1.02. The fourth-order valence-corrected chi connectivity index (χ4v) is 7.62. The average Bonchev–Trinajstić information content (AvgIpc) is 3.77. The summed E-state index contributed by atoms with van der Waals surface area (Å²) < 4.78 is 8.92. The topological polar surface area (TPSA) is 56.7 Å². The molecule has 7 aromatic carbocycles. The van der Waals surface area contributed by atoms with Crippen LogP contribution < -0.4 is 27.3 Å². The molecule has 0 aliphatic rings. The Morgan fingerprint density at radius 3 is 1.71 bits per heavy atom. The molecule has 0 spiro atoms. The summed E-state index contributed by atoms with van der Waals surface area (Å²) >= 11 is 0. The molecule has 0 atom stereocenters. The third kappa shape index (κ3) is 5.27. The molecule has 0 fully saturated rings. The molecule has 0 aliphatic carbocycles. The lowest BCUT2D eigenvalue weighted by atomic mass is 9.60. The summed E-state index contributed by atoms with van der Waals surface area (Å²) in [6, 6.07) is 47.4. The van der Waals surface area contributed by atoms with E-state index in [1.807, 2.05) is 54.6 Å². The molecule has 0 unspecified atom stereocenters. The lowest BCUT2D eigenvalue weighted by molar-refractivity contribution is 0.668. The SMILES string of the molecule is [B]c1c([B])c([B])c(-c2nc(-c3ccccc3)nc(-c3ccc4c(c3)oc3cc(-n5c6ccccc6c6c(-c7ccccc7)cccc65)ccc34)n2)c([B])c1[B]. The summed E-state index contributed by atoms with van der Waals surface area (Å²) in [6.45, 7) is 0. The molecule has 244 valence electrons. The summed E-state index contributed by atoms with van der Waals surface area (Å²) in [6.07, 6.45) is 0. The Kier molecular flexibility index (Phi) is 7.70. The number of hydrogen-bond donors (Lipinski definition) is 0. The van der Waals surface area contributed by atoms with Crippen LogP contribution in [0.1, 0.15) is 0 Å². The molecular formula is C45H23B5N4O. The van der Waals surface area contributed by atoms with Crippen molar-refractivity contribution in [3.8, 4) is 51.0 Å². The zero-order chi connectivity index (χ0) is 37.4. The third-order valence-corrected chi connectivity index (χ3v) is 10.3. The number of aromatic nitrogens is 4. The van der Waals surface area contributed by atoms with Gasteiger partial charge in [0.05, 0.1) is 11.0 Å². The highest BCUT2D eigenvalue weighted by molar-refractivity contribution is 6.68. The summed E-state index contributed by atoms with van der Waals surface area (Å²) in [7, 11) is 31.5. The molecule has 0 saturated heterocycles. The van der Waals surface area contributed by atoms with Crippen molar-refractivity contribution in [3.05, 3.63) is 140 Å². The van der Waals surface area contributed by atoms with Gasteiger partial charge in [0.15, 0.2) is 17.5 Å². The van der Waals surface area contributed by atoms with Gasteiger partial charge in [0.25, 0.3) is 0 Å². The van der Waals surface area contributed by atoms with Crippen molar-refractivity contribution in [1.82, 2.24) is 19.5 Å². The first-order valence-electron chi connectivity index (χ1n) is 17.7. The number of para-hydroxylation sites is 1. The lowest BCUT2D eigenvalue weighted by Gasteiger charge is -2.20. The van der Waals surface area contributed by atoms with Crippen molar-refractivity contribution in [3.63, 3.8) is 0 Å². The van der Waals surface area contributed by atoms with Crippen molar-refractivity contribution in [2.24, 2.45) is 0 Å². The second-order valence-electron chi connectivity index (χ2n) is 13.5. The van der Waals surface area contributed by atoms with Crippen molar-refractivity contribution in [1.29, 1.82) is 0 Å². The van der Waals surface area contributed by atoms with Gasteiger partial charge in [-0.15, -0.1) is 16.4 Å². The summed E-state index contributed by atoms with van der Waals surface area (Å²) in [5.41, 5.74) is 9.44. The highest BCUT2D eigenvalue weighted by Crippen LogP contribution is 2.40. The zero-order valence-electron chi connectivity index (χ0n) is 29.4. The largest absolute Gasteiger partial charge is 0.456 e. The molecule has 0 aliphatic heterocycles. The van der Waals surface area contributed by atoms with E-state index in [0.717, 1.165) is 38.6 Å². The highest BCUT2D eigenvalue weighted by atomic mass is 16.3. The van der Waals surface area contributed by atoms with E-state index in [0.29, 0.717) is 28.4 Å². The standard InChI is InChI=1S/C45H23B5N4O/c46-38-37(39(47)41(49)42(50)40(38)48)45-52-43(25-12-5-2-6-13-25)51-44(53-45)26-18-20-29-30-21-19-27(23-35(30)55-34(29)22-26)54-32-16-8-7-14-31(32)36-28(15-9-17-33(36)54)24-10-3-1-4-11-24/h1-23H. The van der Waals surface area contributed by atoms with Crippen LogP contribution in [0.25, 0.3) is 94.7 Å². The van der Waals surface area contributed by atoms with Gasteiger partial charge >= 0.3 is 0 Å². The molecule has 10 rings (SSSR count). The molecule has 3 heterocycles. The number of fused-ring (bicyclic) bond motifs is 6. The van der Waals surface area contributed by atoms with E-state index in [2.05, 4.69) is 89.5 Å². The second-order valence-corrected chi connectivity index (χ2v) is 13.5. The second kappa shape index (κ2) is 12.8. The molecular weight excluding hydrogens is 667 g/mol. The Morgan fingerprint density at radius 2 is 0.982 bits per heavy atom. The van der Waals surface area contributed by atoms with Gasteiger partial charge < -0.3 is 8.98 Å². The first kappa shape index (κ1) is 33.1. The normalized spacial score (nSPS) is 11.6. The average molecular weight is 690 g/mol. The van der Waals surface area contributed by atoms with Crippen LogP contribution in [0.5, 0.6) is 0 Å². The third-order valence-electron chi connectivity index (χ3n) is 10.3. The number of hydrogen-bond acceptors (Lipinski definition) is 4. The van der Waals surface area contributed by atoms with Crippen LogP contribution in [0.15, 0.2) is 144 Å². The predicted octanol–water partition coefficient (Wildman–Crippen LogP) is 5.51. The van der Waals surface area contributed by atoms with Crippen LogP contribution in [-0.4, -0.2) is 58.8 Å². The number of rotatable bonds is 5. The van der Waals surface area contributed by atoms with E-state index in [1.165, 1.54) is 21.9 Å². The Morgan fingerprint density at radius 1 is 0.418 bits per heavy atom. The number of furan rings is 1. The number of nitrogens with zero attached hydrogens (tertiary/aromatic N) is 4. The molecule has 0 saturated carbocycles. The Hall–Kier alpha value is -6.53. The van der Waals surface area contributed by atoms with E-state index < -0.39 is 0 Å². The number of benzene rings is 7. The van der Waals surface area contributed by atoms with Crippen LogP contribution in [0.2, 0.25) is 0 Å². The van der Waals surface area contributed by atoms with Crippen LogP contribution in [0.4, 0.5) is 0 Å². The molecule has 10 aromatic rings. The van der Waals surface area contributed by atoms with Gasteiger partial charge in [-0.25, -0.2) is 15.0 Å². The monoisotopic (exact) mass is 690 g/mol. The van der Waals surface area contributed by atoms with Crippen molar-refractivity contribution >= 4 is 110 Å². The molecule has 0 N–H and O–H groups in total. The molecule has 10 radical (unpaired) electrons. The van der Waals surface area contributed by atoms with Crippen LogP contribution in [0, 0.1) is 0 Å². The maximum absolute atomic E-state index is 6.61. The predicted molar refractivity (Wildman–Crippen MR) is 230 cm³/mol. The smallest absolute Gasteiger partial charge is 0.164 e. The van der Waals surface area contributed by atoms with Crippen LogP contribution >= 0.6 is 0 Å². The summed E-state index contributed by atoms with van der Waals surface area (Å²) in [4.78, 5) is 14.5. The Balaban J connectivity index is 1.13. The lowest BCUT2D eigenvalue weighted by Crippen LogP contribution is -2.55. The van der Waals surface area contributed by atoms with E-state index in [9.17, 15) is 0 Å². The maximum atomic E-state index is 6.61. The minimum absolute atomic E-state index is 0.116. The van der Waals surface area contributed by atoms with Gasteiger partial charge in [-0.2, -0.15) is 0 Å². The maximum Gasteiger partial charge on any atom is 0.164 e. The minimum atomic E-state index is 0.116. The van der Waals surface area contributed by atoms with Crippen molar-refractivity contribution < 1.29 is 4.42 Å². The molecule has 5 nitrogen and oxygen atoms in total. The van der Waals surface area contributed by atoms with E-state index >= 15 is 0 Å². The first-order valence-corrected chi connectivity index (χ1v) is 17.7. The molecule has 0 amide bonds. The van der Waals surface area contributed by atoms with Gasteiger partial charge in [-0.3, -0.25) is 0 Å². The van der Waals surface area contributed by atoms with Gasteiger partial charge in [0.2, 0.25) is 0 Å². The highest BCUT2D eigenvalue weighted by Gasteiger charge is 2.20. The molecule has 3 aromatic heterocycles. The minimum Gasteiger partial charge on any atom is -0.456 e. The van der Waals surface area contributed by atoms with Gasteiger partial charge in [0, 0.05) is 50.0 Å². The van der Waals surface area contributed by atoms with Gasteiger partial charge in [-0.05, 0) is 47.5 Å². The molecule has 10 heteroatoms. The Labute approximate surface area is 323 Å². The van der Waals surface area contributed by atoms with E-state index in [4.69, 9.17) is 58.6 Å². The van der Waals surface area contributed by atoms with E-state index in [-0.39, 0.29) is 33.1 Å². The van der Waals surface area contributed by atoms with Gasteiger partial charge in [0.1, 0.15) is 50.4 Å². The summed E-state index contributed by atoms with van der Waals surface area (Å²) in [5, 5.41) is 4.35. The fraction of sp³-hybridized carbons (Fsp3) is 0. The zero-order valence-corrected chi connectivity index (χ0v) is 29.4. The molecule has 55 heavy (non-hydrogen) atoms. The van der Waals surface area contributed by atoms with Crippen LogP contribution in [-0.2, 0) is 0 Å². The fourth-order valence-electron chi connectivity index (χ4n) is 7.62. The quantitative estimate of drug-likeness (QED) is 0.224. The van der Waals surface area contributed by atoms with Gasteiger partial charge in [-0.1, -0.05) is 108 Å². The molecule has 0 bridgehead atoms. The van der Waals surface area contributed by atoms with Crippen molar-refractivity contribution in [2.45, 2.75) is 0 Å². The first-order chi connectivity index (χ1) is 26.9. The van der Waals surface area contributed by atoms with Crippen LogP contribution in [0.3, 0.4) is 0 Å². The van der Waals surface area contributed by atoms with Crippen molar-refractivity contribution in [2.75, 3.05) is 0 Å².